The number of ether oxygens (including phenoxy) is 1. The molecule has 2 heterocycles. The first kappa shape index (κ1) is 22.4. The van der Waals surface area contributed by atoms with Crippen molar-refractivity contribution in [3.05, 3.63) is 64.9 Å². The highest BCUT2D eigenvalue weighted by molar-refractivity contribution is 5.95. The van der Waals surface area contributed by atoms with Gasteiger partial charge in [0.1, 0.15) is 11.5 Å². The van der Waals surface area contributed by atoms with Crippen LogP contribution in [-0.2, 0) is 11.2 Å². The number of carbonyl (C=O) groups excluding carboxylic acids is 1. The van der Waals surface area contributed by atoms with E-state index in [2.05, 4.69) is 10.3 Å². The molecule has 0 radical (unpaired) electrons. The van der Waals surface area contributed by atoms with Crippen LogP contribution in [0.5, 0.6) is 5.75 Å². The fourth-order valence-electron chi connectivity index (χ4n) is 5.38. The van der Waals surface area contributed by atoms with E-state index in [1.165, 1.54) is 25.3 Å². The van der Waals surface area contributed by atoms with Crippen LogP contribution in [0.25, 0.3) is 5.65 Å². The molecule has 8 heteroatoms. The fraction of sp³-hybridized carbons (Fsp3) is 0.423. The molecule has 3 aromatic rings. The molecule has 0 bridgehead atoms. The fourth-order valence-corrected chi connectivity index (χ4v) is 5.38. The number of aryl methyl sites for hydroxylation is 1. The maximum atomic E-state index is 14.6. The summed E-state index contributed by atoms with van der Waals surface area (Å²) < 4.78 is 22.4. The number of aromatic nitrogens is 2. The molecule has 1 amide bonds. The van der Waals surface area contributed by atoms with E-state index in [0.29, 0.717) is 35.2 Å². The second-order valence-electron chi connectivity index (χ2n) is 9.34. The normalized spacial score (nSPS) is 20.3. The zero-order valence-corrected chi connectivity index (χ0v) is 19.1. The monoisotopic (exact) mass is 465 g/mol. The van der Waals surface area contributed by atoms with Crippen LogP contribution in [0.15, 0.2) is 36.5 Å². The van der Waals surface area contributed by atoms with E-state index in [0.717, 1.165) is 12.8 Å². The Kier molecular flexibility index (Phi) is 5.98. The lowest BCUT2D eigenvalue weighted by molar-refractivity contribution is -0.142. The van der Waals surface area contributed by atoms with Crippen LogP contribution in [0.1, 0.15) is 65.5 Å². The summed E-state index contributed by atoms with van der Waals surface area (Å²) in [5.41, 5.74) is 2.16. The Hall–Kier alpha value is -3.42. The molecule has 1 fully saturated rings. The summed E-state index contributed by atoms with van der Waals surface area (Å²) in [4.78, 5) is 29.8. The van der Waals surface area contributed by atoms with E-state index in [-0.39, 0.29) is 17.7 Å². The SMILES string of the molecule is Cc1nc2c(OCC3CCCCC3)cccn2c1C(=O)N[C@H]1c2c(F)cccc2C[C@@H]1C(=O)O. The summed E-state index contributed by atoms with van der Waals surface area (Å²) in [5.74, 6) is -1.89. The Morgan fingerprint density at radius 2 is 2.00 bits per heavy atom. The molecule has 34 heavy (non-hydrogen) atoms. The van der Waals surface area contributed by atoms with Crippen LogP contribution in [0.4, 0.5) is 4.39 Å². The molecule has 0 spiro atoms. The van der Waals surface area contributed by atoms with Gasteiger partial charge in [0.05, 0.1) is 24.3 Å². The number of pyridine rings is 1. The van der Waals surface area contributed by atoms with Crippen molar-refractivity contribution in [1.29, 1.82) is 0 Å². The Morgan fingerprint density at radius 1 is 1.21 bits per heavy atom. The number of hydrogen-bond acceptors (Lipinski definition) is 4. The molecule has 2 atom stereocenters. The van der Waals surface area contributed by atoms with Crippen molar-refractivity contribution < 1.29 is 23.8 Å². The van der Waals surface area contributed by atoms with Gasteiger partial charge in [-0.05, 0) is 55.9 Å². The van der Waals surface area contributed by atoms with E-state index in [1.54, 1.807) is 35.7 Å². The highest BCUT2D eigenvalue weighted by atomic mass is 19.1. The molecule has 2 aliphatic rings. The number of fused-ring (bicyclic) bond motifs is 2. The van der Waals surface area contributed by atoms with Gasteiger partial charge in [0.25, 0.3) is 5.91 Å². The third-order valence-corrected chi connectivity index (χ3v) is 7.10. The van der Waals surface area contributed by atoms with Crippen LogP contribution in [0.2, 0.25) is 0 Å². The molecular weight excluding hydrogens is 437 g/mol. The minimum atomic E-state index is -1.07. The van der Waals surface area contributed by atoms with E-state index in [1.807, 2.05) is 6.07 Å². The van der Waals surface area contributed by atoms with Gasteiger partial charge in [-0.3, -0.25) is 14.0 Å². The number of amides is 1. The number of aliphatic carboxylic acids is 1. The Balaban J connectivity index is 1.42. The van der Waals surface area contributed by atoms with E-state index < -0.39 is 29.7 Å². The first-order chi connectivity index (χ1) is 16.4. The van der Waals surface area contributed by atoms with Crippen molar-refractivity contribution in [3.63, 3.8) is 0 Å². The van der Waals surface area contributed by atoms with Gasteiger partial charge in [-0.1, -0.05) is 31.4 Å². The second kappa shape index (κ2) is 9.08. The highest BCUT2D eigenvalue weighted by Gasteiger charge is 2.40. The quantitative estimate of drug-likeness (QED) is 0.560. The third kappa shape index (κ3) is 4.02. The summed E-state index contributed by atoms with van der Waals surface area (Å²) in [7, 11) is 0. The predicted octanol–water partition coefficient (Wildman–Crippen LogP) is 4.47. The number of benzene rings is 1. The number of hydrogen-bond donors (Lipinski definition) is 2. The van der Waals surface area contributed by atoms with Crippen molar-refractivity contribution in [3.8, 4) is 5.75 Å². The van der Waals surface area contributed by atoms with Gasteiger partial charge in [0.15, 0.2) is 11.4 Å². The van der Waals surface area contributed by atoms with E-state index >= 15 is 0 Å². The van der Waals surface area contributed by atoms with Crippen molar-refractivity contribution in [2.45, 2.75) is 51.5 Å². The number of rotatable bonds is 6. The molecule has 2 aromatic heterocycles. The topological polar surface area (TPSA) is 92.9 Å². The molecule has 5 rings (SSSR count). The molecule has 0 unspecified atom stereocenters. The number of carboxylic acids is 1. The standard InChI is InChI=1S/C26H28FN3O4/c1-15-23(25(31)29-22-18(26(32)33)13-17-9-5-10-19(27)21(17)22)30-12-6-11-20(24(30)28-15)34-14-16-7-3-2-4-8-16/h5-6,9-12,16,18,22H,2-4,7-8,13-14H2,1H3,(H,29,31)(H,32,33)/t18-,22+/m0/s1. The zero-order chi connectivity index (χ0) is 23.8. The van der Waals surface area contributed by atoms with Crippen molar-refractivity contribution >= 4 is 17.5 Å². The maximum absolute atomic E-state index is 14.6. The molecular formula is C26H28FN3O4. The average Bonchev–Trinajstić information content (AvgIpc) is 3.36. The maximum Gasteiger partial charge on any atom is 0.309 e. The number of nitrogens with one attached hydrogen (secondary N) is 1. The Morgan fingerprint density at radius 3 is 2.76 bits per heavy atom. The summed E-state index contributed by atoms with van der Waals surface area (Å²) in [6.45, 7) is 2.34. The van der Waals surface area contributed by atoms with Gasteiger partial charge >= 0.3 is 5.97 Å². The van der Waals surface area contributed by atoms with Crippen molar-refractivity contribution in [2.24, 2.45) is 11.8 Å². The molecule has 2 N–H and O–H groups in total. The van der Waals surface area contributed by atoms with Gasteiger partial charge in [0.2, 0.25) is 0 Å². The summed E-state index contributed by atoms with van der Waals surface area (Å²) in [6, 6.07) is 7.23. The van der Waals surface area contributed by atoms with Crippen LogP contribution in [0, 0.1) is 24.6 Å². The summed E-state index contributed by atoms with van der Waals surface area (Å²) >= 11 is 0. The van der Waals surface area contributed by atoms with E-state index in [4.69, 9.17) is 4.74 Å². The van der Waals surface area contributed by atoms with Crippen molar-refractivity contribution in [2.75, 3.05) is 6.61 Å². The van der Waals surface area contributed by atoms with Crippen molar-refractivity contribution in [1.82, 2.24) is 14.7 Å². The lowest BCUT2D eigenvalue weighted by Gasteiger charge is -2.21. The van der Waals surface area contributed by atoms with Crippen LogP contribution in [-0.4, -0.2) is 33.0 Å². The van der Waals surface area contributed by atoms with Gasteiger partial charge < -0.3 is 15.2 Å². The average molecular weight is 466 g/mol. The smallest absolute Gasteiger partial charge is 0.309 e. The Labute approximate surface area is 197 Å². The molecule has 1 aromatic carbocycles. The van der Waals surface area contributed by atoms with E-state index in [9.17, 15) is 19.1 Å². The number of imidazole rings is 1. The molecule has 1 saturated carbocycles. The number of halogens is 1. The Bertz CT molecular complexity index is 1250. The number of carboxylic acid groups (broad SMARTS) is 1. The third-order valence-electron chi connectivity index (χ3n) is 7.10. The second-order valence-corrected chi connectivity index (χ2v) is 9.34. The molecule has 178 valence electrons. The summed E-state index contributed by atoms with van der Waals surface area (Å²) in [6.07, 6.45) is 7.96. The first-order valence-electron chi connectivity index (χ1n) is 11.9. The number of nitrogens with zero attached hydrogens (tertiary/aromatic N) is 2. The van der Waals surface area contributed by atoms with Crippen LogP contribution >= 0.6 is 0 Å². The summed E-state index contributed by atoms with van der Waals surface area (Å²) in [5, 5.41) is 12.5. The highest BCUT2D eigenvalue weighted by Crippen LogP contribution is 2.38. The molecule has 0 saturated heterocycles. The lowest BCUT2D eigenvalue weighted by Crippen LogP contribution is -2.35. The minimum absolute atomic E-state index is 0.165. The van der Waals surface area contributed by atoms with Crippen LogP contribution in [0.3, 0.4) is 0 Å². The molecule has 7 nitrogen and oxygen atoms in total. The van der Waals surface area contributed by atoms with Gasteiger partial charge in [0, 0.05) is 11.8 Å². The van der Waals surface area contributed by atoms with Crippen LogP contribution < -0.4 is 10.1 Å². The largest absolute Gasteiger partial charge is 0.489 e. The minimum Gasteiger partial charge on any atom is -0.489 e. The molecule has 2 aliphatic carbocycles. The number of carbonyl (C=O) groups is 2. The zero-order valence-electron chi connectivity index (χ0n) is 19.1. The lowest BCUT2D eigenvalue weighted by atomic mass is 9.90. The van der Waals surface area contributed by atoms with Gasteiger partial charge in [-0.2, -0.15) is 0 Å². The van der Waals surface area contributed by atoms with Gasteiger partial charge in [-0.15, -0.1) is 0 Å². The van der Waals surface area contributed by atoms with Gasteiger partial charge in [-0.25, -0.2) is 9.37 Å². The molecule has 0 aliphatic heterocycles. The first-order valence-corrected chi connectivity index (χ1v) is 11.9. The predicted molar refractivity (Wildman–Crippen MR) is 123 cm³/mol.